The van der Waals surface area contributed by atoms with Crippen LogP contribution in [0.2, 0.25) is 0 Å². The van der Waals surface area contributed by atoms with E-state index in [2.05, 4.69) is 22.9 Å². The largest absolute Gasteiger partial charge is 0.491 e. The SMILES string of the molecule is CC1CCC(COc2ccc(Br)cc2C(C)N)O1. The summed E-state index contributed by atoms with van der Waals surface area (Å²) in [6.45, 7) is 4.67. The maximum atomic E-state index is 5.96. The second-order valence-electron chi connectivity index (χ2n) is 4.93. The molecule has 1 aliphatic heterocycles. The lowest BCUT2D eigenvalue weighted by Crippen LogP contribution is -2.19. The summed E-state index contributed by atoms with van der Waals surface area (Å²) in [6, 6.07) is 5.90. The van der Waals surface area contributed by atoms with Crippen molar-refractivity contribution in [3.63, 3.8) is 0 Å². The monoisotopic (exact) mass is 313 g/mol. The summed E-state index contributed by atoms with van der Waals surface area (Å²) in [5.41, 5.74) is 6.98. The molecule has 0 spiro atoms. The van der Waals surface area contributed by atoms with Crippen LogP contribution in [-0.2, 0) is 4.74 Å². The van der Waals surface area contributed by atoms with Gasteiger partial charge in [0.05, 0.1) is 12.2 Å². The first kappa shape index (κ1) is 13.8. The van der Waals surface area contributed by atoms with Gasteiger partial charge in [-0.25, -0.2) is 0 Å². The highest BCUT2D eigenvalue weighted by atomic mass is 79.9. The Morgan fingerprint density at radius 2 is 2.28 bits per heavy atom. The molecule has 3 nitrogen and oxygen atoms in total. The predicted molar refractivity (Wildman–Crippen MR) is 75.8 cm³/mol. The van der Waals surface area contributed by atoms with Gasteiger partial charge in [0.1, 0.15) is 12.4 Å². The van der Waals surface area contributed by atoms with Gasteiger partial charge in [-0.2, -0.15) is 0 Å². The van der Waals surface area contributed by atoms with Gasteiger partial charge in [0.15, 0.2) is 0 Å². The van der Waals surface area contributed by atoms with Crippen LogP contribution >= 0.6 is 15.9 Å². The molecule has 1 fully saturated rings. The Balaban J connectivity index is 2.00. The molecule has 18 heavy (non-hydrogen) atoms. The van der Waals surface area contributed by atoms with E-state index in [9.17, 15) is 0 Å². The van der Waals surface area contributed by atoms with Crippen molar-refractivity contribution in [3.8, 4) is 5.75 Å². The zero-order chi connectivity index (χ0) is 13.1. The maximum absolute atomic E-state index is 5.96. The van der Waals surface area contributed by atoms with Crippen molar-refractivity contribution < 1.29 is 9.47 Å². The molecular weight excluding hydrogens is 294 g/mol. The molecule has 3 unspecified atom stereocenters. The van der Waals surface area contributed by atoms with Crippen LogP contribution in [-0.4, -0.2) is 18.8 Å². The van der Waals surface area contributed by atoms with Gasteiger partial charge < -0.3 is 15.2 Å². The molecule has 0 aliphatic carbocycles. The minimum Gasteiger partial charge on any atom is -0.491 e. The van der Waals surface area contributed by atoms with Crippen molar-refractivity contribution in [2.24, 2.45) is 5.73 Å². The predicted octanol–water partition coefficient (Wildman–Crippen LogP) is 3.42. The minimum atomic E-state index is -0.0408. The van der Waals surface area contributed by atoms with Gasteiger partial charge in [-0.05, 0) is 44.9 Å². The number of nitrogens with two attached hydrogens (primary N) is 1. The van der Waals surface area contributed by atoms with E-state index < -0.39 is 0 Å². The van der Waals surface area contributed by atoms with E-state index in [4.69, 9.17) is 15.2 Å². The van der Waals surface area contributed by atoms with Crippen LogP contribution in [0, 0.1) is 0 Å². The molecule has 1 aromatic carbocycles. The van der Waals surface area contributed by atoms with Gasteiger partial charge in [0.25, 0.3) is 0 Å². The van der Waals surface area contributed by atoms with Crippen molar-refractivity contribution in [2.75, 3.05) is 6.61 Å². The molecule has 0 aromatic heterocycles. The average molecular weight is 314 g/mol. The lowest BCUT2D eigenvalue weighted by atomic mass is 10.1. The van der Waals surface area contributed by atoms with Crippen LogP contribution in [0.3, 0.4) is 0 Å². The Morgan fingerprint density at radius 1 is 1.50 bits per heavy atom. The van der Waals surface area contributed by atoms with E-state index in [0.29, 0.717) is 12.7 Å². The normalized spacial score (nSPS) is 25.1. The van der Waals surface area contributed by atoms with Crippen LogP contribution in [0.1, 0.15) is 38.3 Å². The van der Waals surface area contributed by atoms with Gasteiger partial charge in [0, 0.05) is 16.1 Å². The quantitative estimate of drug-likeness (QED) is 0.926. The fourth-order valence-electron chi connectivity index (χ4n) is 2.20. The molecule has 0 bridgehead atoms. The lowest BCUT2D eigenvalue weighted by Gasteiger charge is -2.17. The Labute approximate surface area is 117 Å². The van der Waals surface area contributed by atoms with E-state index in [1.165, 1.54) is 0 Å². The first-order valence-electron chi connectivity index (χ1n) is 6.39. The summed E-state index contributed by atoms with van der Waals surface area (Å²) in [4.78, 5) is 0. The number of halogens is 1. The van der Waals surface area contributed by atoms with E-state index in [0.717, 1.165) is 28.6 Å². The first-order valence-corrected chi connectivity index (χ1v) is 7.19. The van der Waals surface area contributed by atoms with E-state index >= 15 is 0 Å². The summed E-state index contributed by atoms with van der Waals surface area (Å²) in [7, 11) is 0. The number of ether oxygens (including phenoxy) is 2. The summed E-state index contributed by atoms with van der Waals surface area (Å²) in [5, 5.41) is 0. The Bertz CT molecular complexity index is 409. The van der Waals surface area contributed by atoms with Crippen molar-refractivity contribution in [3.05, 3.63) is 28.2 Å². The third-order valence-corrected chi connectivity index (χ3v) is 3.70. The van der Waals surface area contributed by atoms with Crippen LogP contribution in [0.15, 0.2) is 22.7 Å². The Hall–Kier alpha value is -0.580. The van der Waals surface area contributed by atoms with Crippen LogP contribution in [0.4, 0.5) is 0 Å². The molecule has 0 saturated carbocycles. The Morgan fingerprint density at radius 3 is 2.89 bits per heavy atom. The van der Waals surface area contributed by atoms with E-state index in [1.54, 1.807) is 0 Å². The molecule has 1 aliphatic rings. The summed E-state index contributed by atoms with van der Waals surface area (Å²) in [6.07, 6.45) is 2.76. The van der Waals surface area contributed by atoms with E-state index in [1.807, 2.05) is 25.1 Å². The Kier molecular flexibility index (Phi) is 4.65. The highest BCUT2D eigenvalue weighted by Crippen LogP contribution is 2.28. The lowest BCUT2D eigenvalue weighted by molar-refractivity contribution is 0.0262. The number of hydrogen-bond donors (Lipinski definition) is 1. The van der Waals surface area contributed by atoms with E-state index in [-0.39, 0.29) is 12.1 Å². The number of benzene rings is 1. The number of hydrogen-bond acceptors (Lipinski definition) is 3. The fourth-order valence-corrected chi connectivity index (χ4v) is 2.58. The zero-order valence-corrected chi connectivity index (χ0v) is 12.4. The topological polar surface area (TPSA) is 44.5 Å². The van der Waals surface area contributed by atoms with Crippen molar-refractivity contribution in [1.82, 2.24) is 0 Å². The molecular formula is C14H20BrNO2. The third-order valence-electron chi connectivity index (χ3n) is 3.21. The van der Waals surface area contributed by atoms with Crippen LogP contribution in [0.5, 0.6) is 5.75 Å². The molecule has 0 radical (unpaired) electrons. The molecule has 100 valence electrons. The summed E-state index contributed by atoms with van der Waals surface area (Å²) in [5.74, 6) is 0.858. The fraction of sp³-hybridized carbons (Fsp3) is 0.571. The zero-order valence-electron chi connectivity index (χ0n) is 10.9. The molecule has 0 amide bonds. The van der Waals surface area contributed by atoms with Gasteiger partial charge in [-0.15, -0.1) is 0 Å². The molecule has 4 heteroatoms. The molecule has 1 heterocycles. The molecule has 2 rings (SSSR count). The molecule has 3 atom stereocenters. The summed E-state index contributed by atoms with van der Waals surface area (Å²) < 4.78 is 12.6. The van der Waals surface area contributed by atoms with Crippen molar-refractivity contribution >= 4 is 15.9 Å². The first-order chi connectivity index (χ1) is 8.56. The summed E-state index contributed by atoms with van der Waals surface area (Å²) >= 11 is 3.45. The van der Waals surface area contributed by atoms with Crippen molar-refractivity contribution in [1.29, 1.82) is 0 Å². The second kappa shape index (κ2) is 6.04. The van der Waals surface area contributed by atoms with Gasteiger partial charge in [-0.1, -0.05) is 15.9 Å². The smallest absolute Gasteiger partial charge is 0.124 e. The standard InChI is InChI=1S/C14H20BrNO2/c1-9-3-5-12(18-9)8-17-14-6-4-11(15)7-13(14)10(2)16/h4,6-7,9-10,12H,3,5,8,16H2,1-2H3. The molecule has 2 N–H and O–H groups in total. The van der Waals surface area contributed by atoms with Gasteiger partial charge in [-0.3, -0.25) is 0 Å². The molecule has 1 aromatic rings. The minimum absolute atomic E-state index is 0.0408. The maximum Gasteiger partial charge on any atom is 0.124 e. The van der Waals surface area contributed by atoms with Crippen molar-refractivity contribution in [2.45, 2.75) is 44.9 Å². The highest BCUT2D eigenvalue weighted by Gasteiger charge is 2.22. The van der Waals surface area contributed by atoms with Gasteiger partial charge in [0.2, 0.25) is 0 Å². The van der Waals surface area contributed by atoms with Crippen LogP contribution in [0.25, 0.3) is 0 Å². The van der Waals surface area contributed by atoms with Crippen LogP contribution < -0.4 is 10.5 Å². The molecule has 1 saturated heterocycles. The second-order valence-corrected chi connectivity index (χ2v) is 5.84. The third kappa shape index (κ3) is 3.46. The van der Waals surface area contributed by atoms with Gasteiger partial charge >= 0.3 is 0 Å². The number of rotatable bonds is 4. The highest BCUT2D eigenvalue weighted by molar-refractivity contribution is 9.10. The average Bonchev–Trinajstić information content (AvgIpc) is 2.73.